The summed E-state index contributed by atoms with van der Waals surface area (Å²) in [7, 11) is 0. The van der Waals surface area contributed by atoms with Crippen LogP contribution < -0.4 is 20.9 Å². The van der Waals surface area contributed by atoms with Gasteiger partial charge in [0.15, 0.2) is 0 Å². The third-order valence-corrected chi connectivity index (χ3v) is 6.49. The number of nitrogens with one attached hydrogen (secondary N) is 3. The molecule has 0 aromatic heterocycles. The number of anilines is 2. The predicted molar refractivity (Wildman–Crippen MR) is 138 cm³/mol. The lowest BCUT2D eigenvalue weighted by Crippen LogP contribution is -2.61. The van der Waals surface area contributed by atoms with E-state index in [9.17, 15) is 24.3 Å². The molecule has 0 radical (unpaired) electrons. The molecule has 9 heteroatoms. The van der Waals surface area contributed by atoms with Gasteiger partial charge in [-0.3, -0.25) is 14.5 Å². The molecule has 0 spiro atoms. The lowest BCUT2D eigenvalue weighted by Gasteiger charge is -2.39. The summed E-state index contributed by atoms with van der Waals surface area (Å²) in [5.74, 6) is -2.56. The van der Waals surface area contributed by atoms with E-state index >= 15 is 0 Å². The Balaban J connectivity index is 1.93. The van der Waals surface area contributed by atoms with Gasteiger partial charge < -0.3 is 21.1 Å². The fraction of sp³-hybridized carbons (Fsp3) is 0.407. The molecule has 4 N–H and O–H groups in total. The summed E-state index contributed by atoms with van der Waals surface area (Å²) in [6.45, 7) is 7.29. The third kappa shape index (κ3) is 6.02. The maximum Gasteiger partial charge on any atom is 0.326 e. The van der Waals surface area contributed by atoms with Gasteiger partial charge in [-0.15, -0.1) is 0 Å². The van der Waals surface area contributed by atoms with E-state index in [0.29, 0.717) is 17.8 Å². The summed E-state index contributed by atoms with van der Waals surface area (Å²) in [5.41, 5.74) is 1.82. The van der Waals surface area contributed by atoms with Gasteiger partial charge in [0.1, 0.15) is 18.1 Å². The van der Waals surface area contributed by atoms with Crippen molar-refractivity contribution >= 4 is 35.2 Å². The third-order valence-electron chi connectivity index (χ3n) is 6.49. The molecule has 1 aliphatic rings. The average molecular weight is 495 g/mol. The second-order valence-electron chi connectivity index (χ2n) is 9.47. The van der Waals surface area contributed by atoms with Gasteiger partial charge in [0.25, 0.3) is 0 Å². The molecule has 36 heavy (non-hydrogen) atoms. The van der Waals surface area contributed by atoms with Crippen LogP contribution in [-0.4, -0.2) is 47.0 Å². The minimum atomic E-state index is -1.14. The van der Waals surface area contributed by atoms with Crippen LogP contribution in [0.3, 0.4) is 0 Å². The molecular weight excluding hydrogens is 460 g/mol. The SMILES string of the molecule is CC[C@@H](C)[C@H](NC(=O)[C@@H](Cc1ccccc1)NC(=O)N1c2ccccc2NC(=O)[C@@H]1C(C)C)C(=O)O. The van der Waals surface area contributed by atoms with Crippen LogP contribution in [0.2, 0.25) is 0 Å². The normalized spacial score (nSPS) is 17.4. The quantitative estimate of drug-likeness (QED) is 0.425. The standard InChI is InChI=1S/C27H34N4O5/c1-5-17(4)22(26(34)35)30-24(32)20(15-18-11-7-6-8-12-18)29-27(36)31-21-14-10-9-13-19(21)28-25(33)23(31)16(2)3/h6-14,16-17,20,22-23H,5,15H2,1-4H3,(H,28,33)(H,29,36)(H,30,32)(H,34,35)/t17-,20-,22+,23+/m1/s1. The highest BCUT2D eigenvalue weighted by atomic mass is 16.4. The van der Waals surface area contributed by atoms with E-state index in [1.807, 2.05) is 51.1 Å². The molecule has 0 saturated carbocycles. The van der Waals surface area contributed by atoms with Gasteiger partial charge in [-0.1, -0.05) is 76.6 Å². The highest BCUT2D eigenvalue weighted by Crippen LogP contribution is 2.34. The summed E-state index contributed by atoms with van der Waals surface area (Å²) in [6, 6.07) is 12.6. The number of carbonyl (C=O) groups excluding carboxylic acids is 3. The fourth-order valence-corrected chi connectivity index (χ4v) is 4.31. The Labute approximate surface area is 211 Å². The molecule has 0 bridgehead atoms. The van der Waals surface area contributed by atoms with E-state index in [1.165, 1.54) is 4.90 Å². The zero-order chi connectivity index (χ0) is 26.4. The molecule has 3 rings (SSSR count). The zero-order valence-electron chi connectivity index (χ0n) is 21.0. The van der Waals surface area contributed by atoms with Crippen molar-refractivity contribution in [3.8, 4) is 0 Å². The molecule has 1 aliphatic heterocycles. The van der Waals surface area contributed by atoms with Crippen molar-refractivity contribution in [2.45, 2.75) is 58.7 Å². The summed E-state index contributed by atoms with van der Waals surface area (Å²) < 4.78 is 0. The largest absolute Gasteiger partial charge is 0.480 e. The minimum absolute atomic E-state index is 0.152. The van der Waals surface area contributed by atoms with Crippen molar-refractivity contribution in [1.82, 2.24) is 10.6 Å². The maximum absolute atomic E-state index is 13.7. The van der Waals surface area contributed by atoms with Gasteiger partial charge in [0, 0.05) is 6.42 Å². The summed E-state index contributed by atoms with van der Waals surface area (Å²) in [4.78, 5) is 53.1. The molecule has 4 amide bonds. The van der Waals surface area contributed by atoms with Crippen molar-refractivity contribution in [2.75, 3.05) is 10.2 Å². The number of nitrogens with zero attached hydrogens (tertiary/aromatic N) is 1. The Kier molecular flexibility index (Phi) is 8.68. The second-order valence-corrected chi connectivity index (χ2v) is 9.47. The van der Waals surface area contributed by atoms with Crippen LogP contribution >= 0.6 is 0 Å². The Morgan fingerprint density at radius 2 is 1.64 bits per heavy atom. The van der Waals surface area contributed by atoms with E-state index in [4.69, 9.17) is 0 Å². The number of hydrogen-bond donors (Lipinski definition) is 4. The topological polar surface area (TPSA) is 128 Å². The number of carboxylic acids is 1. The number of urea groups is 1. The number of carbonyl (C=O) groups is 4. The first kappa shape index (κ1) is 26.7. The van der Waals surface area contributed by atoms with Crippen LogP contribution in [0, 0.1) is 11.8 Å². The van der Waals surface area contributed by atoms with Crippen LogP contribution in [0.4, 0.5) is 16.2 Å². The van der Waals surface area contributed by atoms with Gasteiger partial charge in [0.2, 0.25) is 11.8 Å². The Hall–Kier alpha value is -3.88. The fourth-order valence-electron chi connectivity index (χ4n) is 4.31. The molecule has 0 aliphatic carbocycles. The number of fused-ring (bicyclic) bond motifs is 1. The van der Waals surface area contributed by atoms with Crippen molar-refractivity contribution in [1.29, 1.82) is 0 Å². The second kappa shape index (κ2) is 11.7. The molecule has 9 nitrogen and oxygen atoms in total. The Morgan fingerprint density at radius 3 is 2.25 bits per heavy atom. The first-order chi connectivity index (χ1) is 17.1. The molecule has 0 unspecified atom stereocenters. The number of carboxylic acid groups (broad SMARTS) is 1. The molecule has 4 atom stereocenters. The zero-order valence-corrected chi connectivity index (χ0v) is 21.0. The van der Waals surface area contributed by atoms with Gasteiger partial charge in [0.05, 0.1) is 11.4 Å². The van der Waals surface area contributed by atoms with Crippen LogP contribution in [0.5, 0.6) is 0 Å². The van der Waals surface area contributed by atoms with E-state index in [2.05, 4.69) is 16.0 Å². The summed E-state index contributed by atoms with van der Waals surface area (Å²) >= 11 is 0. The number of hydrogen-bond acceptors (Lipinski definition) is 4. The highest BCUT2D eigenvalue weighted by Gasteiger charge is 2.40. The van der Waals surface area contributed by atoms with Crippen molar-refractivity contribution < 1.29 is 24.3 Å². The van der Waals surface area contributed by atoms with Crippen LogP contribution in [0.1, 0.15) is 39.7 Å². The highest BCUT2D eigenvalue weighted by molar-refractivity contribution is 6.12. The van der Waals surface area contributed by atoms with E-state index in [1.54, 1.807) is 31.2 Å². The first-order valence-corrected chi connectivity index (χ1v) is 12.2. The van der Waals surface area contributed by atoms with E-state index in [-0.39, 0.29) is 24.2 Å². The molecule has 0 fully saturated rings. The summed E-state index contributed by atoms with van der Waals surface area (Å²) in [5, 5.41) is 17.9. The molecule has 2 aromatic carbocycles. The number of aliphatic carboxylic acids is 1. The van der Waals surface area contributed by atoms with Crippen LogP contribution in [-0.2, 0) is 20.8 Å². The molecular formula is C27H34N4O5. The van der Waals surface area contributed by atoms with Gasteiger partial charge in [-0.05, 0) is 29.5 Å². The Morgan fingerprint density at radius 1 is 1.00 bits per heavy atom. The smallest absolute Gasteiger partial charge is 0.326 e. The average Bonchev–Trinajstić information content (AvgIpc) is 2.85. The number of amides is 4. The lowest BCUT2D eigenvalue weighted by molar-refractivity contribution is -0.143. The minimum Gasteiger partial charge on any atom is -0.480 e. The van der Waals surface area contributed by atoms with Crippen molar-refractivity contribution in [3.05, 3.63) is 60.2 Å². The molecule has 2 aromatic rings. The van der Waals surface area contributed by atoms with Crippen LogP contribution in [0.25, 0.3) is 0 Å². The van der Waals surface area contributed by atoms with Gasteiger partial charge in [-0.25, -0.2) is 9.59 Å². The molecule has 0 saturated heterocycles. The lowest BCUT2D eigenvalue weighted by atomic mass is 9.97. The molecule has 192 valence electrons. The Bertz CT molecular complexity index is 1100. The van der Waals surface area contributed by atoms with Gasteiger partial charge >= 0.3 is 12.0 Å². The van der Waals surface area contributed by atoms with Crippen LogP contribution in [0.15, 0.2) is 54.6 Å². The summed E-state index contributed by atoms with van der Waals surface area (Å²) in [6.07, 6.45) is 0.710. The first-order valence-electron chi connectivity index (χ1n) is 12.2. The number of rotatable bonds is 9. The molecule has 1 heterocycles. The predicted octanol–water partition coefficient (Wildman–Crippen LogP) is 3.41. The van der Waals surface area contributed by atoms with Gasteiger partial charge in [-0.2, -0.15) is 0 Å². The van der Waals surface area contributed by atoms with Crippen molar-refractivity contribution in [3.63, 3.8) is 0 Å². The number of para-hydroxylation sites is 2. The number of benzene rings is 2. The van der Waals surface area contributed by atoms with Crippen molar-refractivity contribution in [2.24, 2.45) is 11.8 Å². The monoisotopic (exact) mass is 494 g/mol. The van der Waals surface area contributed by atoms with E-state index in [0.717, 1.165) is 5.56 Å². The maximum atomic E-state index is 13.7. The van der Waals surface area contributed by atoms with E-state index < -0.39 is 36.0 Å².